The van der Waals surface area contributed by atoms with Crippen molar-refractivity contribution in [1.29, 1.82) is 0 Å². The maximum atomic E-state index is 2.60. The summed E-state index contributed by atoms with van der Waals surface area (Å²) in [6.45, 7) is 11.9. The normalized spacial score (nSPS) is 29.6. The van der Waals surface area contributed by atoms with Gasteiger partial charge in [-0.1, -0.05) is 45.9 Å². The van der Waals surface area contributed by atoms with Crippen molar-refractivity contribution in [2.24, 2.45) is 5.41 Å². The molecule has 0 N–H and O–H groups in total. The van der Waals surface area contributed by atoms with Crippen molar-refractivity contribution in [3.63, 3.8) is 0 Å². The number of fused-ring (bicyclic) bond motifs is 2. The fourth-order valence-corrected chi connectivity index (χ4v) is 4.73. The molecule has 0 radical (unpaired) electrons. The maximum absolute atomic E-state index is 2.60. The molecule has 0 spiro atoms. The summed E-state index contributed by atoms with van der Waals surface area (Å²) in [5, 5.41) is 0. The van der Waals surface area contributed by atoms with E-state index in [4.69, 9.17) is 0 Å². The molecular formula is C20H31N2+. The largest absolute Gasteiger partial charge is 0.265 e. The SMILES string of the molecule is CCc1cccc(CC)c1N1C=[N+](C)[C@]2(C)CC[C@H]1C2(C)C. The van der Waals surface area contributed by atoms with Crippen molar-refractivity contribution >= 4 is 12.0 Å². The molecule has 1 saturated carbocycles. The van der Waals surface area contributed by atoms with Gasteiger partial charge in [0.1, 0.15) is 17.3 Å². The second-order valence-corrected chi connectivity index (χ2v) is 7.82. The van der Waals surface area contributed by atoms with E-state index in [1.807, 2.05) is 0 Å². The molecule has 2 nitrogen and oxygen atoms in total. The average Bonchev–Trinajstić information content (AvgIpc) is 2.65. The topological polar surface area (TPSA) is 6.25 Å². The van der Waals surface area contributed by atoms with Crippen LogP contribution in [-0.2, 0) is 12.8 Å². The van der Waals surface area contributed by atoms with Crippen molar-refractivity contribution < 1.29 is 4.58 Å². The Hall–Kier alpha value is -1.31. The summed E-state index contributed by atoms with van der Waals surface area (Å²) in [7, 11) is 2.26. The van der Waals surface area contributed by atoms with Crippen LogP contribution in [0.1, 0.15) is 58.6 Å². The molecule has 2 heteroatoms. The third-order valence-corrected chi connectivity index (χ3v) is 6.76. The number of anilines is 1. The third kappa shape index (κ3) is 1.89. The number of para-hydroxylation sites is 1. The number of hydrogen-bond acceptors (Lipinski definition) is 1. The van der Waals surface area contributed by atoms with E-state index >= 15 is 0 Å². The van der Waals surface area contributed by atoms with Crippen LogP contribution in [0.4, 0.5) is 5.69 Å². The first-order valence-corrected chi connectivity index (χ1v) is 8.83. The second-order valence-electron chi connectivity index (χ2n) is 7.82. The van der Waals surface area contributed by atoms with Crippen LogP contribution in [0.25, 0.3) is 0 Å². The lowest BCUT2D eigenvalue weighted by Gasteiger charge is -2.45. The van der Waals surface area contributed by atoms with Gasteiger partial charge in [0, 0.05) is 5.41 Å². The molecule has 0 aromatic heterocycles. The van der Waals surface area contributed by atoms with Crippen molar-refractivity contribution in [3.8, 4) is 0 Å². The van der Waals surface area contributed by atoms with E-state index in [0.717, 1.165) is 12.8 Å². The van der Waals surface area contributed by atoms with Gasteiger partial charge < -0.3 is 0 Å². The fourth-order valence-electron chi connectivity index (χ4n) is 4.73. The summed E-state index contributed by atoms with van der Waals surface area (Å²) >= 11 is 0. The van der Waals surface area contributed by atoms with Crippen molar-refractivity contribution in [2.45, 2.75) is 71.9 Å². The van der Waals surface area contributed by atoms with Crippen molar-refractivity contribution in [2.75, 3.05) is 11.9 Å². The first-order valence-electron chi connectivity index (χ1n) is 8.83. The second kappa shape index (κ2) is 5.11. The van der Waals surface area contributed by atoms with Gasteiger partial charge >= 0.3 is 0 Å². The van der Waals surface area contributed by atoms with Crippen molar-refractivity contribution in [3.05, 3.63) is 29.3 Å². The first kappa shape index (κ1) is 15.6. The standard InChI is InChI=1S/C20H31N2/c1-7-15-10-9-11-16(8-2)18(15)22-14-21(6)20(5)13-12-17(22)19(20,3)4/h9-11,14,17H,7-8,12-13H2,1-6H3/q+1/t17-,20+/m0/s1. The van der Waals surface area contributed by atoms with Crippen molar-refractivity contribution in [1.82, 2.24) is 0 Å². The van der Waals surface area contributed by atoms with Gasteiger partial charge in [0.15, 0.2) is 0 Å². The van der Waals surface area contributed by atoms with Gasteiger partial charge in [-0.2, -0.15) is 0 Å². The highest BCUT2D eigenvalue weighted by Crippen LogP contribution is 2.53. The Morgan fingerprint density at radius 3 is 2.27 bits per heavy atom. The van der Waals surface area contributed by atoms with E-state index in [-0.39, 0.29) is 5.54 Å². The molecule has 2 bridgehead atoms. The molecule has 0 saturated heterocycles. The zero-order valence-electron chi connectivity index (χ0n) is 15.1. The molecule has 120 valence electrons. The molecule has 1 aromatic carbocycles. The molecule has 22 heavy (non-hydrogen) atoms. The number of rotatable bonds is 3. The Morgan fingerprint density at radius 2 is 1.73 bits per heavy atom. The average molecular weight is 299 g/mol. The van der Waals surface area contributed by atoms with Gasteiger partial charge in [-0.15, -0.1) is 0 Å². The predicted molar refractivity (Wildman–Crippen MR) is 95.1 cm³/mol. The summed E-state index contributed by atoms with van der Waals surface area (Å²) in [5.41, 5.74) is 5.01. The van der Waals surface area contributed by atoms with Crippen LogP contribution in [-0.4, -0.2) is 29.5 Å². The molecule has 1 heterocycles. The molecule has 1 fully saturated rings. The minimum atomic E-state index is 0.279. The van der Waals surface area contributed by atoms with Crippen LogP contribution in [0.5, 0.6) is 0 Å². The van der Waals surface area contributed by atoms with Gasteiger partial charge in [0.05, 0.1) is 7.05 Å². The third-order valence-electron chi connectivity index (χ3n) is 6.76. The van der Waals surface area contributed by atoms with E-state index < -0.39 is 0 Å². The lowest BCUT2D eigenvalue weighted by molar-refractivity contribution is -0.596. The Bertz CT molecular complexity index is 592. The highest BCUT2D eigenvalue weighted by Gasteiger charge is 2.62. The van der Waals surface area contributed by atoms with Crippen LogP contribution >= 0.6 is 0 Å². The fraction of sp³-hybridized carbons (Fsp3) is 0.650. The molecule has 1 aliphatic carbocycles. The zero-order chi connectivity index (χ0) is 16.1. The Kier molecular flexibility index (Phi) is 3.62. The van der Waals surface area contributed by atoms with E-state index in [2.05, 4.69) is 75.7 Å². The highest BCUT2D eigenvalue weighted by atomic mass is 15.3. The Balaban J connectivity index is 2.19. The van der Waals surface area contributed by atoms with Crippen LogP contribution in [0.2, 0.25) is 0 Å². The van der Waals surface area contributed by atoms with Crippen LogP contribution < -0.4 is 4.90 Å². The summed E-state index contributed by atoms with van der Waals surface area (Å²) < 4.78 is 2.47. The number of nitrogens with zero attached hydrogens (tertiary/aromatic N) is 2. The highest BCUT2D eigenvalue weighted by molar-refractivity contribution is 5.82. The van der Waals surface area contributed by atoms with Gasteiger partial charge in [-0.05, 0) is 43.7 Å². The van der Waals surface area contributed by atoms with E-state index in [1.165, 1.54) is 29.7 Å². The molecule has 0 unspecified atom stereocenters. The van der Waals surface area contributed by atoms with Crippen LogP contribution in [0.3, 0.4) is 0 Å². The zero-order valence-corrected chi connectivity index (χ0v) is 15.1. The smallest absolute Gasteiger partial charge is 0.239 e. The molecule has 1 aromatic rings. The molecule has 0 amide bonds. The minimum Gasteiger partial charge on any atom is -0.265 e. The number of aryl methyl sites for hydroxylation is 2. The summed E-state index contributed by atoms with van der Waals surface area (Å²) in [6, 6.07) is 7.43. The molecule has 2 aliphatic rings. The Labute approximate surface area is 135 Å². The first-order chi connectivity index (χ1) is 10.4. The minimum absolute atomic E-state index is 0.279. The number of hydrogen-bond donors (Lipinski definition) is 0. The summed E-state index contributed by atoms with van der Waals surface area (Å²) in [5.74, 6) is 0. The van der Waals surface area contributed by atoms with Gasteiger partial charge in [0.25, 0.3) is 0 Å². The lowest BCUT2D eigenvalue weighted by atomic mass is 9.72. The molecule has 2 atom stereocenters. The molecule has 3 rings (SSSR count). The van der Waals surface area contributed by atoms with Gasteiger partial charge in [-0.3, -0.25) is 4.58 Å². The molecule has 1 aliphatic heterocycles. The van der Waals surface area contributed by atoms with Crippen LogP contribution in [0, 0.1) is 5.41 Å². The van der Waals surface area contributed by atoms with Crippen LogP contribution in [0.15, 0.2) is 18.2 Å². The summed E-state index contributed by atoms with van der Waals surface area (Å²) in [6.07, 6.45) is 7.15. The molecular weight excluding hydrogens is 268 g/mol. The summed E-state index contributed by atoms with van der Waals surface area (Å²) in [4.78, 5) is 2.60. The van der Waals surface area contributed by atoms with E-state index in [0.29, 0.717) is 11.5 Å². The van der Waals surface area contributed by atoms with Gasteiger partial charge in [-0.25, -0.2) is 4.90 Å². The van der Waals surface area contributed by atoms with E-state index in [1.54, 1.807) is 0 Å². The predicted octanol–water partition coefficient (Wildman–Crippen LogP) is 4.25. The van der Waals surface area contributed by atoms with E-state index in [9.17, 15) is 0 Å². The quantitative estimate of drug-likeness (QED) is 0.756. The monoisotopic (exact) mass is 299 g/mol. The van der Waals surface area contributed by atoms with Gasteiger partial charge in [0.2, 0.25) is 6.34 Å². The maximum Gasteiger partial charge on any atom is 0.239 e. The lowest BCUT2D eigenvalue weighted by Crippen LogP contribution is -2.60. The number of benzene rings is 1. The Morgan fingerprint density at radius 1 is 1.14 bits per heavy atom.